The molecule has 1 aliphatic carbocycles. The Hall–Kier alpha value is -1.81. The van der Waals surface area contributed by atoms with Crippen LogP contribution in [0.3, 0.4) is 0 Å². The molecule has 4 heteroatoms. The summed E-state index contributed by atoms with van der Waals surface area (Å²) in [6.07, 6.45) is 7.75. The standard InChI is InChI=1S/C20H27NO3/c1-24-18-9-4-6-16(12-18)13-20(15-22)10-5-11-21(14-20)19(23)17-7-2-3-8-17/h4,6-7,9,12,22H,2-3,5,8,10-11,13-15H2,1H3. The lowest BCUT2D eigenvalue weighted by atomic mass is 9.75. The molecule has 4 nitrogen and oxygen atoms in total. The van der Waals surface area contributed by atoms with Gasteiger partial charge in [0.05, 0.1) is 13.7 Å². The molecule has 1 atom stereocenters. The molecule has 1 heterocycles. The Balaban J connectivity index is 1.74. The van der Waals surface area contributed by atoms with E-state index in [0.29, 0.717) is 6.54 Å². The van der Waals surface area contributed by atoms with Crippen molar-refractivity contribution in [3.8, 4) is 5.75 Å². The van der Waals surface area contributed by atoms with E-state index in [4.69, 9.17) is 4.74 Å². The van der Waals surface area contributed by atoms with Crippen molar-refractivity contribution in [1.82, 2.24) is 4.90 Å². The van der Waals surface area contributed by atoms with Gasteiger partial charge < -0.3 is 14.7 Å². The first-order valence-electron chi connectivity index (χ1n) is 8.88. The molecular weight excluding hydrogens is 302 g/mol. The molecule has 0 spiro atoms. The van der Waals surface area contributed by atoms with E-state index in [1.807, 2.05) is 23.1 Å². The number of hydrogen-bond donors (Lipinski definition) is 1. The van der Waals surface area contributed by atoms with Crippen LogP contribution in [-0.2, 0) is 11.2 Å². The van der Waals surface area contributed by atoms with Gasteiger partial charge in [-0.15, -0.1) is 0 Å². The van der Waals surface area contributed by atoms with Crippen molar-refractivity contribution in [3.63, 3.8) is 0 Å². The highest BCUT2D eigenvalue weighted by molar-refractivity contribution is 5.93. The van der Waals surface area contributed by atoms with Crippen LogP contribution in [0.15, 0.2) is 35.9 Å². The molecule has 24 heavy (non-hydrogen) atoms. The van der Waals surface area contributed by atoms with Gasteiger partial charge in [-0.25, -0.2) is 0 Å². The second-order valence-electron chi connectivity index (χ2n) is 7.14. The number of aliphatic hydroxyl groups excluding tert-OH is 1. The van der Waals surface area contributed by atoms with Crippen molar-refractivity contribution in [2.45, 2.75) is 38.5 Å². The number of piperidine rings is 1. The maximum atomic E-state index is 12.7. The van der Waals surface area contributed by atoms with Gasteiger partial charge in [0.25, 0.3) is 0 Å². The van der Waals surface area contributed by atoms with E-state index < -0.39 is 0 Å². The lowest BCUT2D eigenvalue weighted by molar-refractivity contribution is -0.131. The summed E-state index contributed by atoms with van der Waals surface area (Å²) in [5, 5.41) is 10.1. The number of allylic oxidation sites excluding steroid dienone is 1. The third kappa shape index (κ3) is 3.64. The SMILES string of the molecule is COc1cccc(CC2(CO)CCCN(C(=O)C3=CCCC3)C2)c1. The number of benzene rings is 1. The van der Waals surface area contributed by atoms with Gasteiger partial charge in [-0.2, -0.15) is 0 Å². The minimum atomic E-state index is -0.251. The first kappa shape index (κ1) is 17.0. The number of likely N-dealkylation sites (tertiary alicyclic amines) is 1. The third-order valence-electron chi connectivity index (χ3n) is 5.31. The monoisotopic (exact) mass is 329 g/mol. The van der Waals surface area contributed by atoms with E-state index >= 15 is 0 Å². The molecule has 1 aromatic carbocycles. The Kier molecular flexibility index (Phi) is 5.24. The Bertz CT molecular complexity index is 625. The Morgan fingerprint density at radius 3 is 2.96 bits per heavy atom. The topological polar surface area (TPSA) is 49.8 Å². The second kappa shape index (κ2) is 7.39. The molecule has 0 aromatic heterocycles. The number of carbonyl (C=O) groups is 1. The highest BCUT2D eigenvalue weighted by Gasteiger charge is 2.37. The molecule has 1 saturated heterocycles. The molecule has 1 N–H and O–H groups in total. The third-order valence-corrected chi connectivity index (χ3v) is 5.31. The first-order valence-corrected chi connectivity index (χ1v) is 8.88. The number of rotatable bonds is 5. The Morgan fingerprint density at radius 1 is 1.38 bits per heavy atom. The van der Waals surface area contributed by atoms with Gasteiger partial charge in [0.1, 0.15) is 5.75 Å². The molecule has 1 fully saturated rings. The fourth-order valence-electron chi connectivity index (χ4n) is 3.99. The zero-order valence-electron chi connectivity index (χ0n) is 14.5. The highest BCUT2D eigenvalue weighted by Crippen LogP contribution is 2.35. The average molecular weight is 329 g/mol. The van der Waals surface area contributed by atoms with Gasteiger partial charge in [-0.05, 0) is 56.2 Å². The van der Waals surface area contributed by atoms with Crippen molar-refractivity contribution >= 4 is 5.91 Å². The average Bonchev–Trinajstić information content (AvgIpc) is 3.16. The molecule has 2 aliphatic rings. The molecule has 1 unspecified atom stereocenters. The van der Waals surface area contributed by atoms with Crippen LogP contribution in [0, 0.1) is 5.41 Å². The van der Waals surface area contributed by atoms with E-state index in [9.17, 15) is 9.90 Å². The minimum Gasteiger partial charge on any atom is -0.497 e. The van der Waals surface area contributed by atoms with E-state index in [2.05, 4.69) is 12.1 Å². The number of methoxy groups -OCH3 is 1. The summed E-state index contributed by atoms with van der Waals surface area (Å²) >= 11 is 0. The van der Waals surface area contributed by atoms with Crippen LogP contribution in [-0.4, -0.2) is 42.7 Å². The molecule has 3 rings (SSSR count). The summed E-state index contributed by atoms with van der Waals surface area (Å²) in [5.41, 5.74) is 1.86. The van der Waals surface area contributed by atoms with Crippen molar-refractivity contribution in [3.05, 3.63) is 41.5 Å². The predicted molar refractivity (Wildman–Crippen MR) is 94.0 cm³/mol. The number of ether oxygens (including phenoxy) is 1. The number of nitrogens with zero attached hydrogens (tertiary/aromatic N) is 1. The highest BCUT2D eigenvalue weighted by atomic mass is 16.5. The molecule has 1 aromatic rings. The summed E-state index contributed by atoms with van der Waals surface area (Å²) in [5.74, 6) is 1.01. The minimum absolute atomic E-state index is 0.104. The predicted octanol–water partition coefficient (Wildman–Crippen LogP) is 2.95. The van der Waals surface area contributed by atoms with Crippen molar-refractivity contribution < 1.29 is 14.6 Å². The van der Waals surface area contributed by atoms with E-state index in [1.54, 1.807) is 7.11 Å². The lowest BCUT2D eigenvalue weighted by Gasteiger charge is -2.42. The molecule has 130 valence electrons. The van der Waals surface area contributed by atoms with Crippen molar-refractivity contribution in [1.29, 1.82) is 0 Å². The van der Waals surface area contributed by atoms with Gasteiger partial charge in [0, 0.05) is 24.1 Å². The van der Waals surface area contributed by atoms with Crippen molar-refractivity contribution in [2.75, 3.05) is 26.8 Å². The quantitative estimate of drug-likeness (QED) is 0.903. The smallest absolute Gasteiger partial charge is 0.249 e. The normalized spacial score (nSPS) is 23.9. The number of aliphatic hydroxyl groups is 1. The summed E-state index contributed by atoms with van der Waals surface area (Å²) in [4.78, 5) is 14.7. The van der Waals surface area contributed by atoms with Crippen LogP contribution in [0.2, 0.25) is 0 Å². The van der Waals surface area contributed by atoms with Crippen LogP contribution < -0.4 is 4.74 Å². The van der Waals surface area contributed by atoms with Crippen LogP contribution in [0.5, 0.6) is 5.75 Å². The number of hydrogen-bond acceptors (Lipinski definition) is 3. The molecule has 0 bridgehead atoms. The van der Waals surface area contributed by atoms with Crippen LogP contribution >= 0.6 is 0 Å². The Morgan fingerprint density at radius 2 is 2.25 bits per heavy atom. The molecular formula is C20H27NO3. The summed E-state index contributed by atoms with van der Waals surface area (Å²) < 4.78 is 5.30. The van der Waals surface area contributed by atoms with Gasteiger partial charge >= 0.3 is 0 Å². The van der Waals surface area contributed by atoms with E-state index in [-0.39, 0.29) is 17.9 Å². The van der Waals surface area contributed by atoms with Gasteiger partial charge in [0.2, 0.25) is 5.91 Å². The summed E-state index contributed by atoms with van der Waals surface area (Å²) in [7, 11) is 1.66. The van der Waals surface area contributed by atoms with Gasteiger partial charge in [-0.1, -0.05) is 18.2 Å². The zero-order valence-corrected chi connectivity index (χ0v) is 14.5. The number of carbonyl (C=O) groups excluding carboxylic acids is 1. The van der Waals surface area contributed by atoms with E-state index in [0.717, 1.165) is 62.0 Å². The van der Waals surface area contributed by atoms with E-state index in [1.165, 1.54) is 0 Å². The number of amides is 1. The fourth-order valence-corrected chi connectivity index (χ4v) is 3.99. The summed E-state index contributed by atoms with van der Waals surface area (Å²) in [6.45, 7) is 1.54. The fraction of sp³-hybridized carbons (Fsp3) is 0.550. The largest absolute Gasteiger partial charge is 0.497 e. The Labute approximate surface area is 144 Å². The lowest BCUT2D eigenvalue weighted by Crippen LogP contribution is -2.49. The van der Waals surface area contributed by atoms with Crippen molar-refractivity contribution in [2.24, 2.45) is 5.41 Å². The summed E-state index contributed by atoms with van der Waals surface area (Å²) in [6, 6.07) is 8.00. The molecule has 0 saturated carbocycles. The first-order chi connectivity index (χ1) is 11.7. The van der Waals surface area contributed by atoms with Gasteiger partial charge in [-0.3, -0.25) is 4.79 Å². The van der Waals surface area contributed by atoms with Gasteiger partial charge in [0.15, 0.2) is 0 Å². The maximum Gasteiger partial charge on any atom is 0.249 e. The molecule has 0 radical (unpaired) electrons. The second-order valence-corrected chi connectivity index (χ2v) is 7.14. The zero-order chi connectivity index (χ0) is 17.0. The maximum absolute atomic E-state index is 12.7. The van der Waals surface area contributed by atoms with Crippen LogP contribution in [0.4, 0.5) is 0 Å². The molecule has 1 aliphatic heterocycles. The molecule has 1 amide bonds. The van der Waals surface area contributed by atoms with Crippen LogP contribution in [0.25, 0.3) is 0 Å². The van der Waals surface area contributed by atoms with Crippen LogP contribution in [0.1, 0.15) is 37.7 Å².